The minimum Gasteiger partial charge on any atom is -0.497 e. The minimum atomic E-state index is -5.02. The van der Waals surface area contributed by atoms with E-state index >= 15 is 0 Å². The largest absolute Gasteiger partial charge is 0.497 e. The van der Waals surface area contributed by atoms with Crippen molar-refractivity contribution in [1.82, 2.24) is 10.2 Å². The van der Waals surface area contributed by atoms with Gasteiger partial charge in [-0.15, -0.1) is 10.2 Å². The third kappa shape index (κ3) is 6.78. The molecule has 3 aromatic rings. The lowest BCUT2D eigenvalue weighted by Gasteiger charge is -2.14. The maximum Gasteiger partial charge on any atom is 0.416 e. The van der Waals surface area contributed by atoms with Gasteiger partial charge >= 0.3 is 12.4 Å². The van der Waals surface area contributed by atoms with Crippen LogP contribution in [-0.4, -0.2) is 36.1 Å². The Morgan fingerprint density at radius 2 is 1.54 bits per heavy atom. The monoisotopic (exact) mass is 517 g/mol. The van der Waals surface area contributed by atoms with E-state index in [2.05, 4.69) is 15.5 Å². The standard InChI is InChI=1S/C22H17F6N3O3S/c1-33-15-3-5-18(34-2)16(10-15)17-4-6-20(31-30-17)35-11-19(32)29-14-8-12(21(23,24)25)7-13(9-14)22(26,27)28/h3-10H,11H2,1-2H3,(H,29,32). The molecule has 0 unspecified atom stereocenters. The number of hydrogen-bond acceptors (Lipinski definition) is 6. The fraction of sp³-hybridized carbons (Fsp3) is 0.227. The molecule has 0 saturated carbocycles. The number of aromatic nitrogens is 2. The Labute approximate surface area is 199 Å². The van der Waals surface area contributed by atoms with E-state index in [0.717, 1.165) is 11.8 Å². The molecule has 1 N–H and O–H groups in total. The second-order valence-electron chi connectivity index (χ2n) is 6.95. The Hall–Kier alpha value is -3.48. The highest BCUT2D eigenvalue weighted by atomic mass is 32.2. The Bertz CT molecular complexity index is 1170. The summed E-state index contributed by atoms with van der Waals surface area (Å²) in [6, 6.07) is 9.15. The number of amides is 1. The van der Waals surface area contributed by atoms with Gasteiger partial charge in [0, 0.05) is 11.3 Å². The van der Waals surface area contributed by atoms with Crippen LogP contribution in [-0.2, 0) is 17.1 Å². The van der Waals surface area contributed by atoms with Crippen LogP contribution in [0.2, 0.25) is 0 Å². The van der Waals surface area contributed by atoms with Crippen LogP contribution in [0.4, 0.5) is 32.0 Å². The molecule has 13 heteroatoms. The number of anilines is 1. The molecule has 1 aromatic heterocycles. The van der Waals surface area contributed by atoms with Crippen molar-refractivity contribution in [1.29, 1.82) is 0 Å². The maximum absolute atomic E-state index is 13.0. The third-order valence-corrected chi connectivity index (χ3v) is 5.47. The first-order valence-corrected chi connectivity index (χ1v) is 10.7. The predicted molar refractivity (Wildman–Crippen MR) is 116 cm³/mol. The molecule has 1 heterocycles. The smallest absolute Gasteiger partial charge is 0.416 e. The average molecular weight is 517 g/mol. The summed E-state index contributed by atoms with van der Waals surface area (Å²) in [6.45, 7) is 0. The van der Waals surface area contributed by atoms with Gasteiger partial charge in [-0.2, -0.15) is 26.3 Å². The Morgan fingerprint density at radius 1 is 0.886 bits per heavy atom. The first-order valence-electron chi connectivity index (χ1n) is 9.69. The van der Waals surface area contributed by atoms with E-state index in [-0.39, 0.29) is 11.8 Å². The highest BCUT2D eigenvalue weighted by Crippen LogP contribution is 2.37. The lowest BCUT2D eigenvalue weighted by Crippen LogP contribution is -2.17. The molecule has 35 heavy (non-hydrogen) atoms. The number of nitrogens with zero attached hydrogens (tertiary/aromatic N) is 2. The number of benzene rings is 2. The molecule has 1 amide bonds. The predicted octanol–water partition coefficient (Wildman–Crippen LogP) is 5.93. The summed E-state index contributed by atoms with van der Waals surface area (Å²) in [5.74, 6) is -0.0448. The van der Waals surface area contributed by atoms with Crippen LogP contribution < -0.4 is 14.8 Å². The van der Waals surface area contributed by atoms with Crippen LogP contribution >= 0.6 is 11.8 Å². The van der Waals surface area contributed by atoms with Gasteiger partial charge < -0.3 is 14.8 Å². The molecule has 0 atom stereocenters. The van der Waals surface area contributed by atoms with E-state index in [1.54, 1.807) is 30.3 Å². The molecular formula is C22H17F6N3O3S. The lowest BCUT2D eigenvalue weighted by atomic mass is 10.1. The van der Waals surface area contributed by atoms with E-state index in [4.69, 9.17) is 9.47 Å². The number of nitrogens with one attached hydrogen (secondary N) is 1. The van der Waals surface area contributed by atoms with Crippen LogP contribution in [0.3, 0.4) is 0 Å². The molecule has 2 aromatic carbocycles. The lowest BCUT2D eigenvalue weighted by molar-refractivity contribution is -0.143. The highest BCUT2D eigenvalue weighted by Gasteiger charge is 2.37. The van der Waals surface area contributed by atoms with Gasteiger partial charge in [0.15, 0.2) is 0 Å². The number of ether oxygens (including phenoxy) is 2. The molecular weight excluding hydrogens is 500 g/mol. The van der Waals surface area contributed by atoms with Gasteiger partial charge in [0.25, 0.3) is 0 Å². The summed E-state index contributed by atoms with van der Waals surface area (Å²) in [5, 5.41) is 10.5. The zero-order chi connectivity index (χ0) is 25.8. The topological polar surface area (TPSA) is 73.3 Å². The van der Waals surface area contributed by atoms with Gasteiger partial charge in [-0.25, -0.2) is 0 Å². The van der Waals surface area contributed by atoms with Crippen molar-refractivity contribution in [3.63, 3.8) is 0 Å². The highest BCUT2D eigenvalue weighted by molar-refractivity contribution is 7.99. The molecule has 186 valence electrons. The summed E-state index contributed by atoms with van der Waals surface area (Å²) in [6.07, 6.45) is -10.0. The van der Waals surface area contributed by atoms with E-state index < -0.39 is 35.1 Å². The number of alkyl halides is 6. The first-order chi connectivity index (χ1) is 16.4. The maximum atomic E-state index is 13.0. The second-order valence-corrected chi connectivity index (χ2v) is 7.95. The molecule has 0 spiro atoms. The zero-order valence-electron chi connectivity index (χ0n) is 18.1. The van der Waals surface area contributed by atoms with Crippen LogP contribution in [0, 0.1) is 0 Å². The van der Waals surface area contributed by atoms with Crippen molar-refractivity contribution >= 4 is 23.4 Å². The molecule has 0 fully saturated rings. The average Bonchev–Trinajstić information content (AvgIpc) is 2.81. The molecule has 6 nitrogen and oxygen atoms in total. The molecule has 0 radical (unpaired) electrons. The van der Waals surface area contributed by atoms with Crippen molar-refractivity contribution < 1.29 is 40.6 Å². The van der Waals surface area contributed by atoms with Gasteiger partial charge in [0.2, 0.25) is 5.91 Å². The molecule has 0 aliphatic rings. The third-order valence-electron chi connectivity index (χ3n) is 4.55. The Kier molecular flexibility index (Phi) is 7.78. The molecule has 0 saturated heterocycles. The van der Waals surface area contributed by atoms with E-state index in [0.29, 0.717) is 39.9 Å². The van der Waals surface area contributed by atoms with Crippen molar-refractivity contribution in [2.75, 3.05) is 25.3 Å². The molecule has 0 aliphatic carbocycles. The quantitative estimate of drug-likeness (QED) is 0.310. The minimum absolute atomic E-state index is 0.0150. The van der Waals surface area contributed by atoms with Crippen LogP contribution in [0.5, 0.6) is 11.5 Å². The van der Waals surface area contributed by atoms with Crippen molar-refractivity contribution in [3.05, 3.63) is 59.7 Å². The van der Waals surface area contributed by atoms with E-state index in [1.807, 2.05) is 0 Å². The Balaban J connectivity index is 1.70. The summed E-state index contributed by atoms with van der Waals surface area (Å²) < 4.78 is 88.3. The SMILES string of the molecule is COc1ccc(OC)c(-c2ccc(SCC(=O)Nc3cc(C(F)(F)F)cc(C(F)(F)F)c3)nn2)c1. The Morgan fingerprint density at radius 3 is 2.06 bits per heavy atom. The van der Waals surface area contributed by atoms with Gasteiger partial charge in [-0.1, -0.05) is 11.8 Å². The number of hydrogen-bond donors (Lipinski definition) is 1. The van der Waals surface area contributed by atoms with E-state index in [1.165, 1.54) is 14.2 Å². The van der Waals surface area contributed by atoms with Crippen molar-refractivity contribution in [2.45, 2.75) is 17.4 Å². The molecule has 3 rings (SSSR count). The normalized spacial score (nSPS) is 11.8. The molecule has 0 aliphatic heterocycles. The van der Waals surface area contributed by atoms with Crippen molar-refractivity contribution in [3.8, 4) is 22.8 Å². The summed E-state index contributed by atoms with van der Waals surface area (Å²) in [5.41, 5.74) is -2.60. The first kappa shape index (κ1) is 26.1. The van der Waals surface area contributed by atoms with Crippen LogP contribution in [0.1, 0.15) is 11.1 Å². The summed E-state index contributed by atoms with van der Waals surface area (Å²) >= 11 is 0.903. The number of methoxy groups -OCH3 is 2. The summed E-state index contributed by atoms with van der Waals surface area (Å²) in [7, 11) is 3.00. The van der Waals surface area contributed by atoms with Gasteiger partial charge in [0.05, 0.1) is 36.8 Å². The molecule has 0 bridgehead atoms. The second kappa shape index (κ2) is 10.4. The number of rotatable bonds is 7. The van der Waals surface area contributed by atoms with Crippen molar-refractivity contribution in [2.24, 2.45) is 0 Å². The fourth-order valence-electron chi connectivity index (χ4n) is 2.92. The van der Waals surface area contributed by atoms with E-state index in [9.17, 15) is 31.1 Å². The summed E-state index contributed by atoms with van der Waals surface area (Å²) in [4.78, 5) is 12.2. The number of thioether (sulfide) groups is 1. The van der Waals surface area contributed by atoms with Crippen LogP contribution in [0.15, 0.2) is 53.6 Å². The van der Waals surface area contributed by atoms with Gasteiger partial charge in [-0.3, -0.25) is 4.79 Å². The number of halogens is 6. The number of carbonyl (C=O) groups is 1. The fourth-order valence-corrected chi connectivity index (χ4v) is 3.53. The van der Waals surface area contributed by atoms with Gasteiger partial charge in [0.1, 0.15) is 16.5 Å². The zero-order valence-corrected chi connectivity index (χ0v) is 18.9. The van der Waals surface area contributed by atoms with Gasteiger partial charge in [-0.05, 0) is 48.5 Å². The number of carbonyl (C=O) groups excluding carboxylic acids is 1. The van der Waals surface area contributed by atoms with Crippen LogP contribution in [0.25, 0.3) is 11.3 Å².